The van der Waals surface area contributed by atoms with Crippen LogP contribution in [0.1, 0.15) is 30.1 Å². The molecular weight excluding hydrogens is 324 g/mol. The van der Waals surface area contributed by atoms with E-state index in [0.717, 1.165) is 0 Å². The van der Waals surface area contributed by atoms with Gasteiger partial charge in [0.2, 0.25) is 5.91 Å². The van der Waals surface area contributed by atoms with Crippen molar-refractivity contribution in [3.05, 3.63) is 71.3 Å². The summed E-state index contributed by atoms with van der Waals surface area (Å²) in [5, 5.41) is 0. The molecule has 1 unspecified atom stereocenters. The average Bonchev–Trinajstić information content (AvgIpc) is 2.64. The second-order valence-electron chi connectivity index (χ2n) is 6.17. The monoisotopic (exact) mass is 345 g/mol. The fourth-order valence-electron chi connectivity index (χ4n) is 3.09. The third-order valence-corrected chi connectivity index (χ3v) is 4.47. The van der Waals surface area contributed by atoms with Gasteiger partial charge in [-0.05, 0) is 30.5 Å². The predicted octanol–water partition coefficient (Wildman–Crippen LogP) is 3.89. The molecule has 25 heavy (non-hydrogen) atoms. The van der Waals surface area contributed by atoms with E-state index in [-0.39, 0.29) is 17.5 Å². The van der Waals surface area contributed by atoms with Gasteiger partial charge >= 0.3 is 0 Å². The minimum Gasteiger partial charge on any atom is -0.370 e. The van der Waals surface area contributed by atoms with Crippen molar-refractivity contribution in [1.82, 2.24) is 4.90 Å². The molecule has 1 aliphatic heterocycles. The van der Waals surface area contributed by atoms with Crippen molar-refractivity contribution in [2.45, 2.75) is 25.4 Å². The molecule has 1 heterocycles. The van der Waals surface area contributed by atoms with Crippen LogP contribution in [0.15, 0.2) is 48.5 Å². The van der Waals surface area contributed by atoms with E-state index in [1.54, 1.807) is 41.3 Å². The molecule has 3 nitrogen and oxygen atoms in total. The first-order valence-corrected chi connectivity index (χ1v) is 8.52. The van der Waals surface area contributed by atoms with Gasteiger partial charge in [0.05, 0.1) is 13.2 Å². The number of amides is 1. The molecule has 3 rings (SSSR count). The van der Waals surface area contributed by atoms with Crippen LogP contribution in [0.3, 0.4) is 0 Å². The van der Waals surface area contributed by atoms with Crippen LogP contribution < -0.4 is 0 Å². The van der Waals surface area contributed by atoms with Crippen LogP contribution >= 0.6 is 0 Å². The summed E-state index contributed by atoms with van der Waals surface area (Å²) in [6.07, 6.45) is 1.02. The van der Waals surface area contributed by atoms with Crippen molar-refractivity contribution in [2.75, 3.05) is 19.7 Å². The summed E-state index contributed by atoms with van der Waals surface area (Å²) in [5.41, 5.74) is 1.10. The van der Waals surface area contributed by atoms with Gasteiger partial charge in [-0.3, -0.25) is 4.79 Å². The summed E-state index contributed by atoms with van der Waals surface area (Å²) in [5.74, 6) is -0.553. The standard InChI is InChI=1S/C20H21F2NO2/c21-17-9-3-1-6-15(17)7-5-11-20(24)23-12-13-25-19(14-23)16-8-2-4-10-18(16)22/h1-4,6,8-10,19H,5,7,11-14H2. The number of morpholine rings is 1. The Labute approximate surface area is 146 Å². The number of ether oxygens (including phenoxy) is 1. The van der Waals surface area contributed by atoms with Crippen LogP contribution in [0.4, 0.5) is 8.78 Å². The van der Waals surface area contributed by atoms with E-state index in [9.17, 15) is 13.6 Å². The Morgan fingerprint density at radius 1 is 1.08 bits per heavy atom. The first-order valence-electron chi connectivity index (χ1n) is 8.52. The molecule has 1 saturated heterocycles. The minimum atomic E-state index is -0.439. The summed E-state index contributed by atoms with van der Waals surface area (Å²) in [6.45, 7) is 1.24. The lowest BCUT2D eigenvalue weighted by Crippen LogP contribution is -2.42. The first kappa shape index (κ1) is 17.5. The van der Waals surface area contributed by atoms with Crippen LogP contribution in [0.2, 0.25) is 0 Å². The molecule has 132 valence electrons. The molecule has 1 atom stereocenters. The third-order valence-electron chi connectivity index (χ3n) is 4.47. The van der Waals surface area contributed by atoms with Gasteiger partial charge in [-0.1, -0.05) is 36.4 Å². The lowest BCUT2D eigenvalue weighted by atomic mass is 10.1. The van der Waals surface area contributed by atoms with E-state index in [1.165, 1.54) is 12.1 Å². The Morgan fingerprint density at radius 2 is 1.80 bits per heavy atom. The van der Waals surface area contributed by atoms with Gasteiger partial charge in [-0.2, -0.15) is 0 Å². The zero-order chi connectivity index (χ0) is 17.6. The normalized spacial score (nSPS) is 17.5. The Kier molecular flexibility index (Phi) is 5.76. The smallest absolute Gasteiger partial charge is 0.222 e. The highest BCUT2D eigenvalue weighted by Crippen LogP contribution is 2.25. The highest BCUT2D eigenvalue weighted by molar-refractivity contribution is 5.76. The van der Waals surface area contributed by atoms with Crippen molar-refractivity contribution in [1.29, 1.82) is 0 Å². The summed E-state index contributed by atoms with van der Waals surface area (Å²) in [6, 6.07) is 13.1. The fraction of sp³-hybridized carbons (Fsp3) is 0.350. The SMILES string of the molecule is O=C(CCCc1ccccc1F)N1CCOC(c2ccccc2F)C1. The lowest BCUT2D eigenvalue weighted by molar-refractivity contribution is -0.139. The molecule has 0 aliphatic carbocycles. The van der Waals surface area contributed by atoms with Gasteiger partial charge in [-0.25, -0.2) is 8.78 Å². The number of hydrogen-bond donors (Lipinski definition) is 0. The van der Waals surface area contributed by atoms with Crippen LogP contribution in [0.5, 0.6) is 0 Å². The lowest BCUT2D eigenvalue weighted by Gasteiger charge is -2.33. The topological polar surface area (TPSA) is 29.5 Å². The highest BCUT2D eigenvalue weighted by atomic mass is 19.1. The molecule has 2 aromatic rings. The van der Waals surface area contributed by atoms with Crippen LogP contribution in [-0.2, 0) is 16.0 Å². The van der Waals surface area contributed by atoms with Crippen molar-refractivity contribution < 1.29 is 18.3 Å². The molecule has 0 spiro atoms. The Balaban J connectivity index is 1.54. The van der Waals surface area contributed by atoms with Gasteiger partial charge in [0.1, 0.15) is 17.7 Å². The average molecular weight is 345 g/mol. The molecule has 0 bridgehead atoms. The Morgan fingerprint density at radius 3 is 2.56 bits per heavy atom. The van der Waals surface area contributed by atoms with E-state index in [1.807, 2.05) is 0 Å². The van der Waals surface area contributed by atoms with E-state index in [4.69, 9.17) is 4.74 Å². The maximum atomic E-state index is 13.9. The number of carbonyl (C=O) groups excluding carboxylic acids is 1. The first-order chi connectivity index (χ1) is 12.1. The molecule has 0 radical (unpaired) electrons. The molecule has 0 N–H and O–H groups in total. The van der Waals surface area contributed by atoms with Crippen molar-refractivity contribution in [3.8, 4) is 0 Å². The minimum absolute atomic E-state index is 0.000906. The van der Waals surface area contributed by atoms with Gasteiger partial charge in [-0.15, -0.1) is 0 Å². The molecule has 0 aromatic heterocycles. The van der Waals surface area contributed by atoms with E-state index in [2.05, 4.69) is 0 Å². The highest BCUT2D eigenvalue weighted by Gasteiger charge is 2.26. The zero-order valence-electron chi connectivity index (χ0n) is 14.0. The second kappa shape index (κ2) is 8.21. The summed E-state index contributed by atoms with van der Waals surface area (Å²) < 4.78 is 33.1. The number of rotatable bonds is 5. The molecule has 1 fully saturated rings. The number of aryl methyl sites for hydroxylation is 1. The maximum absolute atomic E-state index is 13.9. The van der Waals surface area contributed by atoms with E-state index in [0.29, 0.717) is 50.1 Å². The molecule has 0 saturated carbocycles. The number of halogens is 2. The summed E-state index contributed by atoms with van der Waals surface area (Å²) in [4.78, 5) is 14.1. The molecular formula is C20H21F2NO2. The predicted molar refractivity (Wildman–Crippen MR) is 91.0 cm³/mol. The quantitative estimate of drug-likeness (QED) is 0.823. The zero-order valence-corrected chi connectivity index (χ0v) is 14.0. The van der Waals surface area contributed by atoms with Gasteiger partial charge in [0, 0.05) is 18.5 Å². The van der Waals surface area contributed by atoms with Crippen LogP contribution in [0.25, 0.3) is 0 Å². The largest absolute Gasteiger partial charge is 0.370 e. The summed E-state index contributed by atoms with van der Waals surface area (Å²) in [7, 11) is 0. The maximum Gasteiger partial charge on any atom is 0.222 e. The van der Waals surface area contributed by atoms with Crippen LogP contribution in [-0.4, -0.2) is 30.5 Å². The number of benzene rings is 2. The number of nitrogens with zero attached hydrogens (tertiary/aromatic N) is 1. The van der Waals surface area contributed by atoms with Gasteiger partial charge in [0.15, 0.2) is 0 Å². The number of hydrogen-bond acceptors (Lipinski definition) is 2. The van der Waals surface area contributed by atoms with Crippen molar-refractivity contribution in [2.24, 2.45) is 0 Å². The Bertz CT molecular complexity index is 735. The van der Waals surface area contributed by atoms with Crippen LogP contribution in [0, 0.1) is 11.6 Å². The summed E-state index contributed by atoms with van der Waals surface area (Å²) >= 11 is 0. The number of carbonyl (C=O) groups is 1. The van der Waals surface area contributed by atoms with Crippen molar-refractivity contribution in [3.63, 3.8) is 0 Å². The van der Waals surface area contributed by atoms with Crippen molar-refractivity contribution >= 4 is 5.91 Å². The molecule has 1 amide bonds. The van der Waals surface area contributed by atoms with E-state index < -0.39 is 6.10 Å². The molecule has 2 aromatic carbocycles. The van der Waals surface area contributed by atoms with E-state index >= 15 is 0 Å². The third kappa shape index (κ3) is 4.42. The fourth-order valence-corrected chi connectivity index (χ4v) is 3.09. The van der Waals surface area contributed by atoms with Gasteiger partial charge in [0.25, 0.3) is 0 Å². The second-order valence-corrected chi connectivity index (χ2v) is 6.17. The molecule has 1 aliphatic rings. The van der Waals surface area contributed by atoms with Gasteiger partial charge < -0.3 is 9.64 Å². The molecule has 5 heteroatoms. The Hall–Kier alpha value is -2.27.